The Kier molecular flexibility index (Phi) is 7.78. The van der Waals surface area contributed by atoms with Gasteiger partial charge in [-0.25, -0.2) is 13.4 Å². The zero-order valence-electron chi connectivity index (χ0n) is 21.5. The Morgan fingerprint density at radius 1 is 1.05 bits per heavy atom. The topological polar surface area (TPSA) is 79.8 Å². The maximum atomic E-state index is 13.9. The van der Waals surface area contributed by atoms with Gasteiger partial charge in [-0.1, -0.05) is 54.2 Å². The number of amides is 1. The zero-order chi connectivity index (χ0) is 26.7. The number of carbonyl (C=O) groups is 1. The van der Waals surface area contributed by atoms with Gasteiger partial charge in [0.1, 0.15) is 11.3 Å². The first-order valence-corrected chi connectivity index (χ1v) is 15.1. The van der Waals surface area contributed by atoms with Crippen molar-refractivity contribution in [2.24, 2.45) is 0 Å². The van der Waals surface area contributed by atoms with E-state index in [0.717, 1.165) is 35.0 Å². The number of aromatic nitrogens is 1. The Bertz CT molecular complexity index is 1520. The van der Waals surface area contributed by atoms with Crippen molar-refractivity contribution in [3.8, 4) is 5.75 Å². The summed E-state index contributed by atoms with van der Waals surface area (Å²) in [5.41, 5.74) is 2.08. The summed E-state index contributed by atoms with van der Waals surface area (Å²) in [6, 6.07) is 21.7. The molecule has 0 bridgehead atoms. The summed E-state index contributed by atoms with van der Waals surface area (Å²) in [5.74, 6) is 0.433. The van der Waals surface area contributed by atoms with Crippen LogP contribution in [0.25, 0.3) is 10.2 Å². The Labute approximate surface area is 227 Å². The second-order valence-corrected chi connectivity index (χ2v) is 12.3. The number of carbonyl (C=O) groups excluding carboxylic acids is 1. The second-order valence-electron chi connectivity index (χ2n) is 9.39. The van der Waals surface area contributed by atoms with Crippen LogP contribution in [0, 0.1) is 0 Å². The average Bonchev–Trinajstić information content (AvgIpc) is 3.37. The lowest BCUT2D eigenvalue weighted by molar-refractivity contribution is 0.0985. The van der Waals surface area contributed by atoms with Gasteiger partial charge in [0, 0.05) is 18.2 Å². The monoisotopic (exact) mass is 549 g/mol. The van der Waals surface area contributed by atoms with Gasteiger partial charge in [-0.05, 0) is 68.7 Å². The van der Waals surface area contributed by atoms with E-state index in [-0.39, 0.29) is 16.8 Å². The summed E-state index contributed by atoms with van der Waals surface area (Å²) < 4.78 is 34.8. The Hall–Kier alpha value is -3.27. The SMILES string of the molecule is CCOc1cccc2sc(N(Cc3ccccc3)C(=O)c3ccc(S(=O)(=O)N4CCCCC4C)cc3)nc12. The van der Waals surface area contributed by atoms with Crippen LogP contribution in [-0.2, 0) is 16.6 Å². The van der Waals surface area contributed by atoms with E-state index < -0.39 is 10.0 Å². The van der Waals surface area contributed by atoms with Crippen molar-refractivity contribution in [3.63, 3.8) is 0 Å². The fourth-order valence-corrected chi connectivity index (χ4v) is 7.46. The number of nitrogens with zero attached hydrogens (tertiary/aromatic N) is 3. The Balaban J connectivity index is 1.48. The molecule has 1 atom stereocenters. The molecule has 4 aromatic rings. The molecule has 38 heavy (non-hydrogen) atoms. The van der Waals surface area contributed by atoms with Crippen LogP contribution in [0.3, 0.4) is 0 Å². The van der Waals surface area contributed by atoms with E-state index in [1.54, 1.807) is 21.3 Å². The molecule has 1 aliphatic rings. The molecule has 1 aromatic heterocycles. The van der Waals surface area contributed by atoms with Crippen LogP contribution in [0.15, 0.2) is 77.7 Å². The van der Waals surface area contributed by atoms with Crippen molar-refractivity contribution in [1.29, 1.82) is 0 Å². The van der Waals surface area contributed by atoms with Gasteiger partial charge in [-0.3, -0.25) is 9.69 Å². The molecular formula is C29H31N3O4S2. The van der Waals surface area contributed by atoms with Crippen LogP contribution in [0.5, 0.6) is 5.75 Å². The molecule has 0 saturated carbocycles. The van der Waals surface area contributed by atoms with Crippen LogP contribution in [0.4, 0.5) is 5.13 Å². The summed E-state index contributed by atoms with van der Waals surface area (Å²) in [5, 5.41) is 0.555. The first-order valence-electron chi connectivity index (χ1n) is 12.9. The largest absolute Gasteiger partial charge is 0.492 e. The number of rotatable bonds is 8. The molecule has 9 heteroatoms. The third kappa shape index (κ3) is 5.32. The lowest BCUT2D eigenvalue weighted by Gasteiger charge is -2.32. The lowest BCUT2D eigenvalue weighted by atomic mass is 10.1. The third-order valence-corrected chi connectivity index (χ3v) is 9.85. The van der Waals surface area contributed by atoms with Crippen LogP contribution in [0.2, 0.25) is 0 Å². The molecule has 2 heterocycles. The van der Waals surface area contributed by atoms with Gasteiger partial charge in [0.15, 0.2) is 5.13 Å². The summed E-state index contributed by atoms with van der Waals surface area (Å²) in [6.07, 6.45) is 2.76. The Morgan fingerprint density at radius 2 is 1.82 bits per heavy atom. The second kappa shape index (κ2) is 11.2. The molecule has 7 nitrogen and oxygen atoms in total. The number of benzene rings is 3. The minimum atomic E-state index is -3.62. The summed E-state index contributed by atoms with van der Waals surface area (Å²) in [6.45, 7) is 5.24. The number of para-hydroxylation sites is 1. The predicted octanol–water partition coefficient (Wildman–Crippen LogP) is 6.11. The molecule has 198 valence electrons. The first-order chi connectivity index (χ1) is 18.4. The minimum Gasteiger partial charge on any atom is -0.492 e. The molecule has 0 radical (unpaired) electrons. The number of thiazole rings is 1. The molecule has 1 fully saturated rings. The van der Waals surface area contributed by atoms with E-state index in [9.17, 15) is 13.2 Å². The highest BCUT2D eigenvalue weighted by molar-refractivity contribution is 7.89. The quantitative estimate of drug-likeness (QED) is 0.265. The number of hydrogen-bond donors (Lipinski definition) is 0. The van der Waals surface area contributed by atoms with Gasteiger partial charge in [0.05, 0.1) is 22.7 Å². The number of fused-ring (bicyclic) bond motifs is 1. The number of hydrogen-bond acceptors (Lipinski definition) is 6. The van der Waals surface area contributed by atoms with Crippen molar-refractivity contribution in [2.75, 3.05) is 18.1 Å². The number of piperidine rings is 1. The van der Waals surface area contributed by atoms with Crippen molar-refractivity contribution in [2.45, 2.75) is 50.6 Å². The van der Waals surface area contributed by atoms with E-state index in [1.165, 1.54) is 23.5 Å². The summed E-state index contributed by atoms with van der Waals surface area (Å²) in [4.78, 5) is 20.5. The highest BCUT2D eigenvalue weighted by Crippen LogP contribution is 2.35. The molecule has 5 rings (SSSR count). The number of anilines is 1. The number of sulfonamides is 1. The fraction of sp³-hybridized carbons (Fsp3) is 0.310. The van der Waals surface area contributed by atoms with E-state index in [4.69, 9.17) is 9.72 Å². The maximum absolute atomic E-state index is 13.9. The third-order valence-electron chi connectivity index (χ3n) is 6.78. The van der Waals surface area contributed by atoms with Gasteiger partial charge in [-0.15, -0.1) is 0 Å². The normalized spacial score (nSPS) is 16.4. The van der Waals surface area contributed by atoms with E-state index in [1.807, 2.05) is 62.4 Å². The molecule has 1 saturated heterocycles. The predicted molar refractivity (Wildman–Crippen MR) is 151 cm³/mol. The lowest BCUT2D eigenvalue weighted by Crippen LogP contribution is -2.41. The zero-order valence-corrected chi connectivity index (χ0v) is 23.2. The first kappa shape index (κ1) is 26.3. The molecule has 0 spiro atoms. The van der Waals surface area contributed by atoms with Gasteiger partial charge in [-0.2, -0.15) is 4.31 Å². The van der Waals surface area contributed by atoms with Gasteiger partial charge >= 0.3 is 0 Å². The van der Waals surface area contributed by atoms with Crippen molar-refractivity contribution < 1.29 is 17.9 Å². The summed E-state index contributed by atoms with van der Waals surface area (Å²) >= 11 is 1.43. The van der Waals surface area contributed by atoms with Crippen LogP contribution in [0.1, 0.15) is 49.0 Å². The molecular weight excluding hydrogens is 518 g/mol. The van der Waals surface area contributed by atoms with Gasteiger partial charge in [0.2, 0.25) is 10.0 Å². The van der Waals surface area contributed by atoms with Crippen LogP contribution >= 0.6 is 11.3 Å². The Morgan fingerprint density at radius 3 is 2.53 bits per heavy atom. The van der Waals surface area contributed by atoms with E-state index in [2.05, 4.69) is 0 Å². The van der Waals surface area contributed by atoms with Crippen LogP contribution in [-0.4, -0.2) is 42.8 Å². The minimum absolute atomic E-state index is 0.0305. The van der Waals surface area contributed by atoms with E-state index >= 15 is 0 Å². The average molecular weight is 550 g/mol. The van der Waals surface area contributed by atoms with Crippen molar-refractivity contribution in [3.05, 3.63) is 83.9 Å². The van der Waals surface area contributed by atoms with Crippen molar-refractivity contribution >= 4 is 42.6 Å². The van der Waals surface area contributed by atoms with E-state index in [0.29, 0.717) is 36.1 Å². The highest BCUT2D eigenvalue weighted by atomic mass is 32.2. The fourth-order valence-electron chi connectivity index (χ4n) is 4.78. The maximum Gasteiger partial charge on any atom is 0.260 e. The molecule has 0 N–H and O–H groups in total. The number of ether oxygens (including phenoxy) is 1. The molecule has 3 aromatic carbocycles. The molecule has 1 amide bonds. The van der Waals surface area contributed by atoms with Gasteiger partial charge in [0.25, 0.3) is 5.91 Å². The smallest absolute Gasteiger partial charge is 0.260 e. The molecule has 1 unspecified atom stereocenters. The molecule has 0 aliphatic carbocycles. The van der Waals surface area contributed by atoms with Crippen LogP contribution < -0.4 is 9.64 Å². The standard InChI is InChI=1S/C29H31N3O4S2/c1-3-36-25-13-9-14-26-27(25)30-29(37-26)31(20-22-11-5-4-6-12-22)28(33)23-15-17-24(18-16-23)38(34,35)32-19-8-7-10-21(32)2/h4-6,9,11-18,21H,3,7-8,10,19-20H2,1-2H3. The summed E-state index contributed by atoms with van der Waals surface area (Å²) in [7, 11) is -3.62. The van der Waals surface area contributed by atoms with Crippen molar-refractivity contribution in [1.82, 2.24) is 9.29 Å². The highest BCUT2D eigenvalue weighted by Gasteiger charge is 2.31. The van der Waals surface area contributed by atoms with Gasteiger partial charge < -0.3 is 4.74 Å². The molecule has 1 aliphatic heterocycles.